The number of fused-ring (bicyclic) bond motifs is 2. The zero-order valence-electron chi connectivity index (χ0n) is 13.3. The van der Waals surface area contributed by atoms with Crippen molar-refractivity contribution in [1.82, 2.24) is 0 Å². The molecule has 1 unspecified atom stereocenters. The Bertz CT molecular complexity index is 818. The average molecular weight is 316 g/mol. The van der Waals surface area contributed by atoms with Crippen LogP contribution in [0.2, 0.25) is 0 Å². The molecule has 0 saturated carbocycles. The molecule has 0 saturated heterocycles. The Balaban J connectivity index is 2.23. The molecule has 23 heavy (non-hydrogen) atoms. The molecule has 1 atom stereocenters. The van der Waals surface area contributed by atoms with Crippen molar-refractivity contribution in [2.24, 2.45) is 0 Å². The molecular weight excluding hydrogens is 296 g/mol. The Labute approximate surface area is 133 Å². The van der Waals surface area contributed by atoms with Crippen molar-refractivity contribution in [2.45, 2.75) is 52.1 Å². The molecule has 5 nitrogen and oxygen atoms in total. The summed E-state index contributed by atoms with van der Waals surface area (Å²) in [6.07, 6.45) is 3.19. The third-order valence-electron chi connectivity index (χ3n) is 4.17. The normalized spacial score (nSPS) is 17.1. The predicted octanol–water partition coefficient (Wildman–Crippen LogP) is 3.59. The Morgan fingerprint density at radius 3 is 2.70 bits per heavy atom. The molecular formula is C18H20O5. The Hall–Kier alpha value is -2.30. The molecule has 1 aliphatic heterocycles. The van der Waals surface area contributed by atoms with E-state index < -0.39 is 5.63 Å². The summed E-state index contributed by atoms with van der Waals surface area (Å²) in [6.45, 7) is 4.01. The van der Waals surface area contributed by atoms with E-state index >= 15 is 0 Å². The number of aromatic hydroxyl groups is 1. The van der Waals surface area contributed by atoms with Crippen LogP contribution in [0.4, 0.5) is 0 Å². The zero-order valence-corrected chi connectivity index (χ0v) is 13.3. The van der Waals surface area contributed by atoms with Crippen LogP contribution in [0.25, 0.3) is 11.0 Å². The van der Waals surface area contributed by atoms with Crippen LogP contribution in [-0.4, -0.2) is 17.0 Å². The molecule has 1 aromatic carbocycles. The molecule has 2 aromatic rings. The van der Waals surface area contributed by atoms with Crippen molar-refractivity contribution in [3.05, 3.63) is 33.7 Å². The summed E-state index contributed by atoms with van der Waals surface area (Å²) in [5.41, 5.74) is 0.702. The number of ether oxygens (including phenoxy) is 1. The van der Waals surface area contributed by atoms with Gasteiger partial charge in [-0.15, -0.1) is 0 Å². The first-order valence-corrected chi connectivity index (χ1v) is 8.07. The van der Waals surface area contributed by atoms with Gasteiger partial charge in [-0.1, -0.05) is 26.7 Å². The van der Waals surface area contributed by atoms with E-state index in [-0.39, 0.29) is 35.2 Å². The fraction of sp³-hybridized carbons (Fsp3) is 0.444. The van der Waals surface area contributed by atoms with Gasteiger partial charge in [0.1, 0.15) is 28.7 Å². The number of phenols is 1. The number of aryl methyl sites for hydroxylation is 1. The number of carbonyl (C=O) groups excluding carboxylic acids is 1. The molecule has 0 radical (unpaired) electrons. The van der Waals surface area contributed by atoms with Gasteiger partial charge >= 0.3 is 5.63 Å². The highest BCUT2D eigenvalue weighted by Gasteiger charge is 2.31. The highest BCUT2D eigenvalue weighted by Crippen LogP contribution is 2.41. The van der Waals surface area contributed by atoms with Gasteiger partial charge in [0.15, 0.2) is 5.78 Å². The molecule has 0 spiro atoms. The molecule has 122 valence electrons. The quantitative estimate of drug-likeness (QED) is 0.872. The fourth-order valence-corrected chi connectivity index (χ4v) is 3.21. The second-order valence-electron chi connectivity index (χ2n) is 5.97. The van der Waals surface area contributed by atoms with E-state index in [1.54, 1.807) is 6.07 Å². The van der Waals surface area contributed by atoms with Gasteiger partial charge in [-0.25, -0.2) is 4.79 Å². The minimum absolute atomic E-state index is 0.127. The third kappa shape index (κ3) is 2.71. The Kier molecular flexibility index (Phi) is 4.11. The molecule has 2 heterocycles. The van der Waals surface area contributed by atoms with E-state index in [2.05, 4.69) is 0 Å². The lowest BCUT2D eigenvalue weighted by atomic mass is 9.94. The first-order chi connectivity index (χ1) is 11.0. The number of ketones is 1. The van der Waals surface area contributed by atoms with Crippen LogP contribution in [0, 0.1) is 0 Å². The lowest BCUT2D eigenvalue weighted by molar-refractivity contribution is 0.0834. The molecule has 1 aromatic heterocycles. The highest BCUT2D eigenvalue weighted by atomic mass is 16.5. The van der Waals surface area contributed by atoms with Gasteiger partial charge in [0.2, 0.25) is 0 Å². The number of hydrogen-bond acceptors (Lipinski definition) is 5. The fourth-order valence-electron chi connectivity index (χ4n) is 3.21. The molecule has 1 aliphatic rings. The number of phenolic OH excluding ortho intramolecular Hbond substituents is 1. The van der Waals surface area contributed by atoms with Gasteiger partial charge in [0.25, 0.3) is 0 Å². The summed E-state index contributed by atoms with van der Waals surface area (Å²) in [4.78, 5) is 24.2. The van der Waals surface area contributed by atoms with Gasteiger partial charge in [-0.3, -0.25) is 4.79 Å². The van der Waals surface area contributed by atoms with E-state index in [0.29, 0.717) is 23.1 Å². The third-order valence-corrected chi connectivity index (χ3v) is 4.17. The largest absolute Gasteiger partial charge is 0.506 e. The molecule has 0 aliphatic carbocycles. The van der Waals surface area contributed by atoms with Gasteiger partial charge in [-0.05, 0) is 18.4 Å². The standard InChI is InChI=1S/C18H20O5/c1-3-5-10-7-15(20)23-13-9-14-17(18(21)16(10)13)12(19)8-11(22-14)6-4-2/h7,9,11,21H,3-6,8H2,1-2H3. The number of rotatable bonds is 4. The zero-order chi connectivity index (χ0) is 16.6. The second-order valence-corrected chi connectivity index (χ2v) is 5.97. The smallest absolute Gasteiger partial charge is 0.336 e. The van der Waals surface area contributed by atoms with Crippen LogP contribution in [0.15, 0.2) is 21.3 Å². The van der Waals surface area contributed by atoms with E-state index in [1.807, 2.05) is 13.8 Å². The minimum atomic E-state index is -0.465. The maximum atomic E-state index is 12.4. The SMILES string of the molecule is CCCc1cc(=O)oc2cc3c(c(O)c12)C(=O)CC(CCC)O3. The lowest BCUT2D eigenvalue weighted by Crippen LogP contribution is -2.27. The van der Waals surface area contributed by atoms with Crippen LogP contribution in [0.3, 0.4) is 0 Å². The summed E-state index contributed by atoms with van der Waals surface area (Å²) in [5, 5.41) is 11.1. The Morgan fingerprint density at radius 1 is 1.22 bits per heavy atom. The van der Waals surface area contributed by atoms with Crippen LogP contribution >= 0.6 is 0 Å². The molecule has 0 bridgehead atoms. The Morgan fingerprint density at radius 2 is 2.00 bits per heavy atom. The average Bonchev–Trinajstić information content (AvgIpc) is 2.46. The van der Waals surface area contributed by atoms with E-state index in [0.717, 1.165) is 19.3 Å². The van der Waals surface area contributed by atoms with Crippen LogP contribution < -0.4 is 10.4 Å². The number of benzene rings is 1. The van der Waals surface area contributed by atoms with Crippen LogP contribution in [-0.2, 0) is 6.42 Å². The van der Waals surface area contributed by atoms with Crippen LogP contribution in [0.5, 0.6) is 11.5 Å². The number of Topliss-reactive ketones (excluding diaryl/α,β-unsaturated/α-hetero) is 1. The van der Waals surface area contributed by atoms with Crippen molar-refractivity contribution < 1.29 is 19.1 Å². The monoisotopic (exact) mass is 316 g/mol. The molecule has 3 rings (SSSR count). The van der Waals surface area contributed by atoms with Crippen molar-refractivity contribution in [2.75, 3.05) is 0 Å². The molecule has 0 fully saturated rings. The maximum Gasteiger partial charge on any atom is 0.336 e. The van der Waals surface area contributed by atoms with E-state index in [4.69, 9.17) is 9.15 Å². The van der Waals surface area contributed by atoms with Gasteiger partial charge < -0.3 is 14.3 Å². The first kappa shape index (κ1) is 15.6. The number of carbonyl (C=O) groups is 1. The molecule has 5 heteroatoms. The number of hydrogen-bond donors (Lipinski definition) is 1. The highest BCUT2D eigenvalue weighted by molar-refractivity contribution is 6.08. The van der Waals surface area contributed by atoms with Gasteiger partial charge in [0.05, 0.1) is 5.39 Å². The maximum absolute atomic E-state index is 12.4. The molecule has 0 amide bonds. The predicted molar refractivity (Wildman–Crippen MR) is 86.4 cm³/mol. The topological polar surface area (TPSA) is 76.7 Å². The summed E-state index contributed by atoms with van der Waals surface area (Å²) < 4.78 is 11.0. The summed E-state index contributed by atoms with van der Waals surface area (Å²) in [7, 11) is 0. The van der Waals surface area contributed by atoms with Crippen LogP contribution in [0.1, 0.15) is 55.5 Å². The lowest BCUT2D eigenvalue weighted by Gasteiger charge is -2.26. The van der Waals surface area contributed by atoms with E-state index in [9.17, 15) is 14.7 Å². The first-order valence-electron chi connectivity index (χ1n) is 8.07. The summed E-state index contributed by atoms with van der Waals surface area (Å²) in [6, 6.07) is 2.94. The van der Waals surface area contributed by atoms with E-state index in [1.165, 1.54) is 6.07 Å². The molecule has 1 N–H and O–H groups in total. The van der Waals surface area contributed by atoms with Gasteiger partial charge in [-0.2, -0.15) is 0 Å². The second kappa shape index (κ2) is 6.07. The summed E-state index contributed by atoms with van der Waals surface area (Å²) in [5.74, 6) is 0.0453. The van der Waals surface area contributed by atoms with Crippen molar-refractivity contribution in [3.63, 3.8) is 0 Å². The minimum Gasteiger partial charge on any atom is -0.506 e. The van der Waals surface area contributed by atoms with Gasteiger partial charge in [0, 0.05) is 18.6 Å². The van der Waals surface area contributed by atoms with Crippen molar-refractivity contribution >= 4 is 16.8 Å². The van der Waals surface area contributed by atoms with Crippen molar-refractivity contribution in [3.8, 4) is 11.5 Å². The van der Waals surface area contributed by atoms with Crippen molar-refractivity contribution in [1.29, 1.82) is 0 Å². The summed E-state index contributed by atoms with van der Waals surface area (Å²) >= 11 is 0.